The van der Waals surface area contributed by atoms with Crippen LogP contribution in [0.3, 0.4) is 0 Å². The molecule has 0 amide bonds. The van der Waals surface area contributed by atoms with Crippen LogP contribution in [-0.4, -0.2) is 42.1 Å². The molecule has 29 heavy (non-hydrogen) atoms. The summed E-state index contributed by atoms with van der Waals surface area (Å²) in [5.41, 5.74) is 10.8. The molecule has 0 spiro atoms. The summed E-state index contributed by atoms with van der Waals surface area (Å²) in [6.45, 7) is 21.0. The Morgan fingerprint density at radius 3 is 2.66 bits per heavy atom. The number of nitrogens with two attached hydrogens (primary N) is 1. The van der Waals surface area contributed by atoms with Crippen molar-refractivity contribution in [1.29, 1.82) is 0 Å². The van der Waals surface area contributed by atoms with Crippen molar-refractivity contribution in [3.05, 3.63) is 72.6 Å². The molecule has 3 nitrogen and oxygen atoms in total. The molecule has 3 N–H and O–H groups in total. The fourth-order valence-corrected chi connectivity index (χ4v) is 4.92. The van der Waals surface area contributed by atoms with Gasteiger partial charge in [-0.25, -0.2) is 0 Å². The lowest BCUT2D eigenvalue weighted by Crippen LogP contribution is -2.41. The van der Waals surface area contributed by atoms with Gasteiger partial charge >= 0.3 is 0 Å². The first-order valence-corrected chi connectivity index (χ1v) is 11.8. The van der Waals surface area contributed by atoms with Crippen LogP contribution in [0.25, 0.3) is 0 Å². The van der Waals surface area contributed by atoms with E-state index >= 15 is 0 Å². The van der Waals surface area contributed by atoms with E-state index in [1.807, 2.05) is 11.8 Å². The first-order chi connectivity index (χ1) is 13.9. The number of allylic oxidation sites excluding steroid dienone is 1. The molecular weight excluding hydrogens is 374 g/mol. The van der Waals surface area contributed by atoms with Crippen LogP contribution in [0.15, 0.2) is 67.0 Å². The van der Waals surface area contributed by atoms with Gasteiger partial charge < -0.3 is 16.0 Å². The second-order valence-electron chi connectivity index (χ2n) is 8.27. The Balaban J connectivity index is 1.92. The number of rotatable bonds is 12. The molecule has 1 aliphatic heterocycles. The highest BCUT2D eigenvalue weighted by Crippen LogP contribution is 2.29. The Kier molecular flexibility index (Phi) is 9.89. The first kappa shape index (κ1) is 23.6. The van der Waals surface area contributed by atoms with Crippen molar-refractivity contribution in [3.8, 4) is 0 Å². The molecule has 1 aliphatic rings. The SMILES string of the molecule is C=C(NCC(CCCN)C(=C)N1CCSC(C(=C)C)C1)C(C)Cc1ccccc1. The van der Waals surface area contributed by atoms with Gasteiger partial charge in [0.05, 0.1) is 0 Å². The molecule has 160 valence electrons. The summed E-state index contributed by atoms with van der Waals surface area (Å²) in [4.78, 5) is 2.47. The smallest absolute Gasteiger partial charge is 0.0427 e. The summed E-state index contributed by atoms with van der Waals surface area (Å²) in [7, 11) is 0. The highest BCUT2D eigenvalue weighted by molar-refractivity contribution is 8.00. The summed E-state index contributed by atoms with van der Waals surface area (Å²) >= 11 is 2.01. The van der Waals surface area contributed by atoms with Gasteiger partial charge in [-0.1, -0.05) is 62.6 Å². The standard InChI is InChI=1S/C25H39N3S/c1-19(2)25-18-28(14-15-29-25)22(5)24(12-9-13-26)17-27-21(4)20(3)16-23-10-7-6-8-11-23/h6-8,10-11,20,24-25,27H,1,4-5,9,12-18,26H2,2-3H3. The van der Waals surface area contributed by atoms with Gasteiger partial charge in [0, 0.05) is 47.9 Å². The molecule has 0 radical (unpaired) electrons. The molecule has 0 aromatic heterocycles. The molecule has 3 atom stereocenters. The van der Waals surface area contributed by atoms with E-state index in [4.69, 9.17) is 5.73 Å². The van der Waals surface area contributed by atoms with E-state index in [2.05, 4.69) is 74.1 Å². The second kappa shape index (κ2) is 12.1. The monoisotopic (exact) mass is 413 g/mol. The van der Waals surface area contributed by atoms with Crippen molar-refractivity contribution < 1.29 is 0 Å². The van der Waals surface area contributed by atoms with Crippen LogP contribution in [0.4, 0.5) is 0 Å². The lowest BCUT2D eigenvalue weighted by Gasteiger charge is -2.38. The zero-order valence-electron chi connectivity index (χ0n) is 18.3. The van der Waals surface area contributed by atoms with Crippen molar-refractivity contribution in [2.24, 2.45) is 17.6 Å². The van der Waals surface area contributed by atoms with Crippen molar-refractivity contribution >= 4 is 11.8 Å². The summed E-state index contributed by atoms with van der Waals surface area (Å²) in [5.74, 6) is 1.90. The molecule has 0 aliphatic carbocycles. The van der Waals surface area contributed by atoms with E-state index in [0.29, 0.717) is 17.1 Å². The highest BCUT2D eigenvalue weighted by Gasteiger charge is 2.25. The van der Waals surface area contributed by atoms with E-state index in [0.717, 1.165) is 56.9 Å². The molecule has 4 heteroatoms. The molecule has 1 aromatic carbocycles. The molecule has 0 saturated carbocycles. The molecule has 1 fully saturated rings. The van der Waals surface area contributed by atoms with E-state index < -0.39 is 0 Å². The van der Waals surface area contributed by atoms with Gasteiger partial charge in [-0.2, -0.15) is 11.8 Å². The van der Waals surface area contributed by atoms with Crippen LogP contribution in [0.1, 0.15) is 32.3 Å². The van der Waals surface area contributed by atoms with Crippen molar-refractivity contribution in [2.75, 3.05) is 31.9 Å². The fourth-order valence-electron chi connectivity index (χ4n) is 3.74. The quantitative estimate of drug-likeness (QED) is 0.482. The van der Waals surface area contributed by atoms with Crippen molar-refractivity contribution in [1.82, 2.24) is 10.2 Å². The van der Waals surface area contributed by atoms with Crippen LogP contribution in [0, 0.1) is 11.8 Å². The summed E-state index contributed by atoms with van der Waals surface area (Å²) in [6.07, 6.45) is 3.08. The highest BCUT2D eigenvalue weighted by atomic mass is 32.2. The average molecular weight is 414 g/mol. The number of hydrogen-bond donors (Lipinski definition) is 2. The topological polar surface area (TPSA) is 41.3 Å². The van der Waals surface area contributed by atoms with Gasteiger partial charge in [0.25, 0.3) is 0 Å². The Bertz CT molecular complexity index is 670. The third kappa shape index (κ3) is 7.60. The number of nitrogens with one attached hydrogen (secondary N) is 1. The number of hydrogen-bond acceptors (Lipinski definition) is 4. The van der Waals surface area contributed by atoms with E-state index in [1.54, 1.807) is 0 Å². The van der Waals surface area contributed by atoms with Crippen molar-refractivity contribution in [3.63, 3.8) is 0 Å². The zero-order chi connectivity index (χ0) is 21.2. The minimum absolute atomic E-state index is 0.382. The maximum atomic E-state index is 5.81. The van der Waals surface area contributed by atoms with Gasteiger partial charge in [0.15, 0.2) is 0 Å². The summed E-state index contributed by atoms with van der Waals surface area (Å²) in [6, 6.07) is 10.6. The molecular formula is C25H39N3S. The third-order valence-corrected chi connectivity index (χ3v) is 7.18. The van der Waals surface area contributed by atoms with Gasteiger partial charge in [0.2, 0.25) is 0 Å². The van der Waals surface area contributed by atoms with Crippen LogP contribution >= 0.6 is 11.8 Å². The zero-order valence-corrected chi connectivity index (χ0v) is 19.1. The van der Waals surface area contributed by atoms with E-state index in [-0.39, 0.29) is 0 Å². The minimum atomic E-state index is 0.382. The third-order valence-electron chi connectivity index (χ3n) is 5.81. The van der Waals surface area contributed by atoms with Gasteiger partial charge in [-0.15, -0.1) is 0 Å². The largest absolute Gasteiger partial charge is 0.388 e. The molecule has 0 bridgehead atoms. The van der Waals surface area contributed by atoms with Crippen LogP contribution in [0.5, 0.6) is 0 Å². The first-order valence-electron chi connectivity index (χ1n) is 10.8. The van der Waals surface area contributed by atoms with Crippen molar-refractivity contribution in [2.45, 2.75) is 38.4 Å². The van der Waals surface area contributed by atoms with Gasteiger partial charge in [-0.05, 0) is 44.2 Å². The minimum Gasteiger partial charge on any atom is -0.388 e. The lowest BCUT2D eigenvalue weighted by atomic mass is 9.96. The molecule has 1 heterocycles. The molecule has 1 aromatic rings. The van der Waals surface area contributed by atoms with Crippen LogP contribution in [0.2, 0.25) is 0 Å². The predicted octanol–water partition coefficient (Wildman–Crippen LogP) is 4.83. The second-order valence-corrected chi connectivity index (χ2v) is 9.58. The molecule has 1 saturated heterocycles. The molecule has 2 rings (SSSR count). The summed E-state index contributed by atoms with van der Waals surface area (Å²) < 4.78 is 0. The normalized spacial score (nSPS) is 18.7. The lowest BCUT2D eigenvalue weighted by molar-refractivity contribution is 0.304. The van der Waals surface area contributed by atoms with E-state index in [1.165, 1.54) is 16.8 Å². The fraction of sp³-hybridized carbons (Fsp3) is 0.520. The number of thioether (sulfide) groups is 1. The number of benzene rings is 1. The Labute approximate surface area is 182 Å². The average Bonchev–Trinajstić information content (AvgIpc) is 2.74. The number of nitrogens with zero attached hydrogens (tertiary/aromatic N) is 1. The van der Waals surface area contributed by atoms with Crippen LogP contribution in [-0.2, 0) is 6.42 Å². The Hall–Kier alpha value is -1.65. The Morgan fingerprint density at radius 1 is 1.28 bits per heavy atom. The van der Waals surface area contributed by atoms with Gasteiger partial charge in [-0.3, -0.25) is 0 Å². The predicted molar refractivity (Wildman–Crippen MR) is 130 cm³/mol. The summed E-state index contributed by atoms with van der Waals surface area (Å²) in [5, 5.41) is 4.12. The van der Waals surface area contributed by atoms with E-state index in [9.17, 15) is 0 Å². The van der Waals surface area contributed by atoms with Gasteiger partial charge in [0.1, 0.15) is 0 Å². The Morgan fingerprint density at radius 2 is 2.00 bits per heavy atom. The van der Waals surface area contributed by atoms with Crippen LogP contribution < -0.4 is 11.1 Å². The maximum Gasteiger partial charge on any atom is 0.0427 e. The maximum absolute atomic E-state index is 5.81. The molecule has 3 unspecified atom stereocenters.